The monoisotopic (exact) mass is 268 g/mol. The second-order valence-corrected chi connectivity index (χ2v) is 5.52. The summed E-state index contributed by atoms with van der Waals surface area (Å²) in [5.74, 6) is 0. The van der Waals surface area contributed by atoms with E-state index in [0.717, 1.165) is 17.1 Å². The van der Waals surface area contributed by atoms with E-state index < -0.39 is 11.7 Å². The van der Waals surface area contributed by atoms with Crippen molar-refractivity contribution in [2.45, 2.75) is 40.2 Å². The Morgan fingerprint density at radius 3 is 2.42 bits per heavy atom. The Morgan fingerprint density at radius 1 is 1.32 bits per heavy atom. The lowest BCUT2D eigenvalue weighted by Crippen LogP contribution is -2.35. The van der Waals surface area contributed by atoms with Crippen LogP contribution in [0.2, 0.25) is 0 Å². The normalized spacial score (nSPS) is 11.3. The molecule has 6 nitrogen and oxygen atoms in total. The highest BCUT2D eigenvalue weighted by atomic mass is 16.6. The zero-order valence-corrected chi connectivity index (χ0v) is 12.6. The summed E-state index contributed by atoms with van der Waals surface area (Å²) in [6.07, 6.45) is -0.395. The molecule has 1 heterocycles. The van der Waals surface area contributed by atoms with Gasteiger partial charge in [-0.25, -0.2) is 4.79 Å². The van der Waals surface area contributed by atoms with E-state index in [4.69, 9.17) is 4.74 Å². The van der Waals surface area contributed by atoms with Crippen molar-refractivity contribution in [3.05, 3.63) is 11.4 Å². The third kappa shape index (κ3) is 4.81. The van der Waals surface area contributed by atoms with Gasteiger partial charge in [0.2, 0.25) is 0 Å². The van der Waals surface area contributed by atoms with E-state index in [-0.39, 0.29) is 0 Å². The zero-order chi connectivity index (χ0) is 14.6. The van der Waals surface area contributed by atoms with E-state index in [2.05, 4.69) is 15.7 Å². The van der Waals surface area contributed by atoms with Crippen LogP contribution in [-0.2, 0) is 11.8 Å². The summed E-state index contributed by atoms with van der Waals surface area (Å²) in [6, 6.07) is 0. The number of ether oxygens (including phenoxy) is 1. The number of nitrogens with one attached hydrogen (secondary N) is 2. The smallest absolute Gasteiger partial charge is 0.407 e. The van der Waals surface area contributed by atoms with Crippen molar-refractivity contribution < 1.29 is 9.53 Å². The molecule has 0 fully saturated rings. The van der Waals surface area contributed by atoms with Gasteiger partial charge < -0.3 is 15.4 Å². The van der Waals surface area contributed by atoms with Crippen molar-refractivity contribution in [3.8, 4) is 0 Å². The Kier molecular flexibility index (Phi) is 4.80. The average Bonchev–Trinajstić information content (AvgIpc) is 2.47. The summed E-state index contributed by atoms with van der Waals surface area (Å²) in [4.78, 5) is 11.4. The van der Waals surface area contributed by atoms with E-state index >= 15 is 0 Å². The molecule has 2 N–H and O–H groups in total. The highest BCUT2D eigenvalue weighted by Crippen LogP contribution is 2.17. The van der Waals surface area contributed by atoms with Crippen LogP contribution in [-0.4, -0.2) is 34.6 Å². The number of rotatable bonds is 4. The summed E-state index contributed by atoms with van der Waals surface area (Å²) >= 11 is 0. The Hall–Kier alpha value is -1.72. The molecule has 108 valence electrons. The Labute approximate surface area is 114 Å². The van der Waals surface area contributed by atoms with Gasteiger partial charge in [-0.15, -0.1) is 0 Å². The van der Waals surface area contributed by atoms with E-state index in [1.807, 2.05) is 46.3 Å². The molecule has 0 aromatic carbocycles. The van der Waals surface area contributed by atoms with Gasteiger partial charge in [0, 0.05) is 20.1 Å². The number of carbonyl (C=O) groups excluding carboxylic acids is 1. The molecule has 1 aromatic heterocycles. The molecule has 0 aliphatic rings. The Bertz CT molecular complexity index is 446. The SMILES string of the molecule is Cc1nn(C)c(C)c1NCCNC(=O)OC(C)(C)C. The maximum absolute atomic E-state index is 11.4. The largest absolute Gasteiger partial charge is 0.444 e. The maximum Gasteiger partial charge on any atom is 0.407 e. The van der Waals surface area contributed by atoms with Gasteiger partial charge in [0.25, 0.3) is 0 Å². The fourth-order valence-electron chi connectivity index (χ4n) is 1.70. The summed E-state index contributed by atoms with van der Waals surface area (Å²) in [5, 5.41) is 10.3. The van der Waals surface area contributed by atoms with Crippen LogP contribution in [0, 0.1) is 13.8 Å². The predicted octanol–water partition coefficient (Wildman–Crippen LogP) is 1.97. The number of nitrogens with zero attached hydrogens (tertiary/aromatic N) is 2. The fourth-order valence-corrected chi connectivity index (χ4v) is 1.70. The molecule has 0 aliphatic heterocycles. The minimum Gasteiger partial charge on any atom is -0.444 e. The lowest BCUT2D eigenvalue weighted by atomic mass is 10.2. The van der Waals surface area contributed by atoms with Gasteiger partial charge >= 0.3 is 6.09 Å². The first-order valence-corrected chi connectivity index (χ1v) is 6.41. The van der Waals surface area contributed by atoms with Crippen LogP contribution in [0.15, 0.2) is 0 Å². The standard InChI is InChI=1S/C13H24N4O2/c1-9-11(10(2)17(6)16-9)14-7-8-15-12(18)19-13(3,4)5/h14H,7-8H2,1-6H3,(H,15,18). The summed E-state index contributed by atoms with van der Waals surface area (Å²) < 4.78 is 6.98. The van der Waals surface area contributed by atoms with Crippen molar-refractivity contribution in [1.82, 2.24) is 15.1 Å². The van der Waals surface area contributed by atoms with Crippen LogP contribution >= 0.6 is 0 Å². The second kappa shape index (κ2) is 5.95. The molecule has 19 heavy (non-hydrogen) atoms. The highest BCUT2D eigenvalue weighted by molar-refractivity contribution is 5.67. The molecule has 0 spiro atoms. The third-order valence-electron chi connectivity index (χ3n) is 2.60. The topological polar surface area (TPSA) is 68.2 Å². The molecular formula is C13H24N4O2. The molecule has 6 heteroatoms. The van der Waals surface area contributed by atoms with Gasteiger partial charge in [0.15, 0.2) is 0 Å². The van der Waals surface area contributed by atoms with Crippen molar-refractivity contribution >= 4 is 11.8 Å². The zero-order valence-electron chi connectivity index (χ0n) is 12.6. The molecule has 0 unspecified atom stereocenters. The average molecular weight is 268 g/mol. The van der Waals surface area contributed by atoms with Crippen LogP contribution in [0.4, 0.5) is 10.5 Å². The van der Waals surface area contributed by atoms with Crippen LogP contribution in [0.1, 0.15) is 32.2 Å². The number of carbonyl (C=O) groups is 1. The van der Waals surface area contributed by atoms with Crippen molar-refractivity contribution in [2.24, 2.45) is 7.05 Å². The minimum absolute atomic E-state index is 0.395. The third-order valence-corrected chi connectivity index (χ3v) is 2.60. The molecular weight excluding hydrogens is 244 g/mol. The maximum atomic E-state index is 11.4. The molecule has 0 aliphatic carbocycles. The lowest BCUT2D eigenvalue weighted by molar-refractivity contribution is 0.0530. The molecule has 0 atom stereocenters. The van der Waals surface area contributed by atoms with E-state index in [1.165, 1.54) is 0 Å². The molecule has 0 saturated heterocycles. The van der Waals surface area contributed by atoms with Gasteiger partial charge in [-0.3, -0.25) is 4.68 Å². The number of anilines is 1. The van der Waals surface area contributed by atoms with Crippen LogP contribution in [0.25, 0.3) is 0 Å². The molecule has 1 amide bonds. The van der Waals surface area contributed by atoms with Gasteiger partial charge in [0.05, 0.1) is 17.1 Å². The number of hydrogen-bond donors (Lipinski definition) is 2. The van der Waals surface area contributed by atoms with E-state index in [1.54, 1.807) is 0 Å². The Balaban J connectivity index is 2.33. The van der Waals surface area contributed by atoms with Crippen LogP contribution in [0.3, 0.4) is 0 Å². The van der Waals surface area contributed by atoms with Crippen LogP contribution in [0.5, 0.6) is 0 Å². The first kappa shape index (κ1) is 15.3. The summed E-state index contributed by atoms with van der Waals surface area (Å²) in [6.45, 7) is 10.6. The second-order valence-electron chi connectivity index (χ2n) is 5.52. The minimum atomic E-state index is -0.464. The van der Waals surface area contributed by atoms with Gasteiger partial charge in [-0.05, 0) is 34.6 Å². The first-order chi connectivity index (χ1) is 8.70. The molecule has 0 bridgehead atoms. The van der Waals surface area contributed by atoms with Gasteiger partial charge in [-0.2, -0.15) is 5.10 Å². The molecule has 0 radical (unpaired) electrons. The van der Waals surface area contributed by atoms with Gasteiger partial charge in [0.1, 0.15) is 5.60 Å². The molecule has 1 rings (SSSR count). The lowest BCUT2D eigenvalue weighted by Gasteiger charge is -2.19. The van der Waals surface area contributed by atoms with Crippen molar-refractivity contribution in [1.29, 1.82) is 0 Å². The predicted molar refractivity (Wildman–Crippen MR) is 75.4 cm³/mol. The van der Waals surface area contributed by atoms with Crippen LogP contribution < -0.4 is 10.6 Å². The first-order valence-electron chi connectivity index (χ1n) is 6.41. The number of hydrogen-bond acceptors (Lipinski definition) is 4. The molecule has 1 aromatic rings. The highest BCUT2D eigenvalue weighted by Gasteiger charge is 2.15. The van der Waals surface area contributed by atoms with Crippen molar-refractivity contribution in [2.75, 3.05) is 18.4 Å². The number of aromatic nitrogens is 2. The van der Waals surface area contributed by atoms with Crippen molar-refractivity contribution in [3.63, 3.8) is 0 Å². The molecule has 0 saturated carbocycles. The summed E-state index contributed by atoms with van der Waals surface area (Å²) in [5.41, 5.74) is 2.59. The number of alkyl carbamates (subject to hydrolysis) is 1. The van der Waals surface area contributed by atoms with E-state index in [9.17, 15) is 4.79 Å². The fraction of sp³-hybridized carbons (Fsp3) is 0.692. The Morgan fingerprint density at radius 2 is 1.95 bits per heavy atom. The quantitative estimate of drug-likeness (QED) is 0.819. The summed E-state index contributed by atoms with van der Waals surface area (Å²) in [7, 11) is 1.91. The number of aryl methyl sites for hydroxylation is 2. The van der Waals surface area contributed by atoms with E-state index in [0.29, 0.717) is 13.1 Å². The van der Waals surface area contributed by atoms with Gasteiger partial charge in [-0.1, -0.05) is 0 Å². The number of amides is 1.